The lowest BCUT2D eigenvalue weighted by Crippen LogP contribution is -2.22. The molecule has 0 aliphatic heterocycles. The lowest BCUT2D eigenvalue weighted by Gasteiger charge is -2.17. The number of hydrogen-bond donors (Lipinski definition) is 0. The van der Waals surface area contributed by atoms with Gasteiger partial charge in [0, 0.05) is 12.3 Å². The smallest absolute Gasteiger partial charge is 0.344 e. The lowest BCUT2D eigenvalue weighted by molar-refractivity contribution is -0.147. The van der Waals surface area contributed by atoms with Crippen molar-refractivity contribution in [2.45, 2.75) is 13.5 Å². The molecule has 0 fully saturated rings. The number of carbonyl (C=O) groups excluding carboxylic acids is 2. The number of methoxy groups -OCH3 is 1. The van der Waals surface area contributed by atoms with E-state index in [4.69, 9.17) is 14.2 Å². The van der Waals surface area contributed by atoms with E-state index in [1.54, 1.807) is 36.8 Å². The van der Waals surface area contributed by atoms with Gasteiger partial charge in [-0.2, -0.15) is 0 Å². The Balaban J connectivity index is 1.54. The van der Waals surface area contributed by atoms with Crippen LogP contribution in [0.4, 0.5) is 10.8 Å². The zero-order valence-corrected chi connectivity index (χ0v) is 16.8. The van der Waals surface area contributed by atoms with Gasteiger partial charge >= 0.3 is 5.97 Å². The van der Waals surface area contributed by atoms with Crippen LogP contribution in [0, 0.1) is 0 Å². The molecule has 1 heterocycles. The SMILES string of the molecule is COc1ccc(OCC(=O)OCc2csc(N(C(C)=O)c3ccccc3)n2)cc1. The Morgan fingerprint density at radius 3 is 2.38 bits per heavy atom. The maximum Gasteiger partial charge on any atom is 0.344 e. The Kier molecular flexibility index (Phi) is 6.80. The van der Waals surface area contributed by atoms with Crippen LogP contribution < -0.4 is 14.4 Å². The Hall–Kier alpha value is -3.39. The molecule has 0 bridgehead atoms. The number of hydrogen-bond acceptors (Lipinski definition) is 7. The minimum Gasteiger partial charge on any atom is -0.497 e. The van der Waals surface area contributed by atoms with Gasteiger partial charge in [0.25, 0.3) is 0 Å². The van der Waals surface area contributed by atoms with E-state index in [9.17, 15) is 9.59 Å². The van der Waals surface area contributed by atoms with Crippen molar-refractivity contribution in [3.63, 3.8) is 0 Å². The summed E-state index contributed by atoms with van der Waals surface area (Å²) in [5, 5.41) is 2.27. The highest BCUT2D eigenvalue weighted by molar-refractivity contribution is 7.14. The molecule has 0 radical (unpaired) electrons. The maximum absolute atomic E-state index is 12.1. The van der Waals surface area contributed by atoms with Crippen molar-refractivity contribution in [3.05, 3.63) is 65.7 Å². The molecule has 1 aromatic heterocycles. The standard InChI is InChI=1S/C21H20N2O5S/c1-15(24)23(17-6-4-3-5-7-17)21-22-16(14-29-21)12-28-20(25)13-27-19-10-8-18(26-2)9-11-19/h3-11,14H,12-13H2,1-2H3. The van der Waals surface area contributed by atoms with Crippen molar-refractivity contribution in [2.75, 3.05) is 18.6 Å². The Morgan fingerprint density at radius 2 is 1.72 bits per heavy atom. The first kappa shape index (κ1) is 20.3. The molecule has 150 valence electrons. The van der Waals surface area contributed by atoms with E-state index in [0.717, 1.165) is 5.69 Å². The topological polar surface area (TPSA) is 78.0 Å². The van der Waals surface area contributed by atoms with Gasteiger partial charge in [0.15, 0.2) is 11.7 Å². The van der Waals surface area contributed by atoms with E-state index in [1.165, 1.54) is 23.2 Å². The van der Waals surface area contributed by atoms with E-state index in [-0.39, 0.29) is 19.1 Å². The van der Waals surface area contributed by atoms with E-state index < -0.39 is 5.97 Å². The van der Waals surface area contributed by atoms with Crippen molar-refractivity contribution in [1.29, 1.82) is 0 Å². The highest BCUT2D eigenvalue weighted by Gasteiger charge is 2.18. The number of aromatic nitrogens is 1. The molecule has 0 aliphatic rings. The van der Waals surface area contributed by atoms with Crippen LogP contribution in [0.15, 0.2) is 60.0 Å². The highest BCUT2D eigenvalue weighted by atomic mass is 32.1. The third kappa shape index (κ3) is 5.55. The summed E-state index contributed by atoms with van der Waals surface area (Å²) in [6, 6.07) is 16.1. The fourth-order valence-corrected chi connectivity index (χ4v) is 3.35. The van der Waals surface area contributed by atoms with Crippen molar-refractivity contribution in [3.8, 4) is 11.5 Å². The van der Waals surface area contributed by atoms with Crippen molar-refractivity contribution < 1.29 is 23.8 Å². The van der Waals surface area contributed by atoms with Gasteiger partial charge in [-0.1, -0.05) is 18.2 Å². The van der Waals surface area contributed by atoms with Gasteiger partial charge in [-0.3, -0.25) is 9.69 Å². The molecule has 2 aromatic carbocycles. The molecule has 1 amide bonds. The lowest BCUT2D eigenvalue weighted by atomic mass is 10.3. The average Bonchev–Trinajstić information content (AvgIpc) is 3.20. The fraction of sp³-hybridized carbons (Fsp3) is 0.190. The molecule has 0 spiro atoms. The summed E-state index contributed by atoms with van der Waals surface area (Å²) in [7, 11) is 1.58. The summed E-state index contributed by atoms with van der Waals surface area (Å²) < 4.78 is 15.7. The number of nitrogens with zero attached hydrogens (tertiary/aromatic N) is 2. The quantitative estimate of drug-likeness (QED) is 0.521. The molecule has 29 heavy (non-hydrogen) atoms. The molecular formula is C21H20N2O5S. The van der Waals surface area contributed by atoms with Crippen LogP contribution in [0.3, 0.4) is 0 Å². The molecule has 3 rings (SSSR count). The number of rotatable bonds is 8. The van der Waals surface area contributed by atoms with Gasteiger partial charge in [-0.15, -0.1) is 11.3 Å². The summed E-state index contributed by atoms with van der Waals surface area (Å²) in [6.45, 7) is 1.26. The molecule has 3 aromatic rings. The summed E-state index contributed by atoms with van der Waals surface area (Å²) >= 11 is 1.31. The van der Waals surface area contributed by atoms with Crippen molar-refractivity contribution in [2.24, 2.45) is 0 Å². The Labute approximate surface area is 172 Å². The average molecular weight is 412 g/mol. The highest BCUT2D eigenvalue weighted by Crippen LogP contribution is 2.28. The van der Waals surface area contributed by atoms with Crippen LogP contribution >= 0.6 is 11.3 Å². The van der Waals surface area contributed by atoms with E-state index >= 15 is 0 Å². The number of para-hydroxylation sites is 1. The zero-order valence-electron chi connectivity index (χ0n) is 16.0. The van der Waals surface area contributed by atoms with Crippen LogP contribution in [-0.2, 0) is 20.9 Å². The summed E-state index contributed by atoms with van der Waals surface area (Å²) in [5.41, 5.74) is 1.29. The zero-order chi connectivity index (χ0) is 20.6. The second-order valence-electron chi connectivity index (χ2n) is 5.94. The summed E-state index contributed by atoms with van der Waals surface area (Å²) in [5.74, 6) is 0.580. The van der Waals surface area contributed by atoms with Gasteiger partial charge in [0.2, 0.25) is 5.91 Å². The number of ether oxygens (including phenoxy) is 3. The molecule has 0 saturated carbocycles. The minimum atomic E-state index is -0.512. The molecule has 0 aliphatic carbocycles. The second-order valence-corrected chi connectivity index (χ2v) is 6.77. The minimum absolute atomic E-state index is 0.00183. The third-order valence-electron chi connectivity index (χ3n) is 3.86. The largest absolute Gasteiger partial charge is 0.497 e. The Morgan fingerprint density at radius 1 is 1.03 bits per heavy atom. The molecule has 0 N–H and O–H groups in total. The van der Waals surface area contributed by atoms with E-state index in [0.29, 0.717) is 22.3 Å². The molecule has 7 nitrogen and oxygen atoms in total. The van der Waals surface area contributed by atoms with Crippen molar-refractivity contribution in [1.82, 2.24) is 4.98 Å². The van der Waals surface area contributed by atoms with Crippen molar-refractivity contribution >= 4 is 34.0 Å². The number of benzene rings is 2. The van der Waals surface area contributed by atoms with Crippen LogP contribution in [0.25, 0.3) is 0 Å². The van der Waals surface area contributed by atoms with Gasteiger partial charge in [-0.05, 0) is 36.4 Å². The predicted molar refractivity (Wildman–Crippen MR) is 110 cm³/mol. The molecule has 0 atom stereocenters. The number of anilines is 2. The second kappa shape index (κ2) is 9.70. The first-order valence-corrected chi connectivity index (χ1v) is 9.67. The molecule has 8 heteroatoms. The molecule has 0 unspecified atom stereocenters. The van der Waals surface area contributed by atoms with E-state index in [1.807, 2.05) is 30.3 Å². The normalized spacial score (nSPS) is 10.3. The predicted octanol–water partition coefficient (Wildman–Crippen LogP) is 3.96. The van der Waals surface area contributed by atoms with Crippen LogP contribution in [0.2, 0.25) is 0 Å². The number of amides is 1. The van der Waals surface area contributed by atoms with Gasteiger partial charge in [0.05, 0.1) is 18.5 Å². The van der Waals surface area contributed by atoms with Gasteiger partial charge < -0.3 is 14.2 Å². The van der Waals surface area contributed by atoms with Crippen LogP contribution in [0.1, 0.15) is 12.6 Å². The first-order chi connectivity index (χ1) is 14.1. The van der Waals surface area contributed by atoms with Crippen LogP contribution in [0.5, 0.6) is 11.5 Å². The Bertz CT molecular complexity index is 957. The summed E-state index contributed by atoms with van der Waals surface area (Å²) in [6.07, 6.45) is 0. The number of esters is 1. The monoisotopic (exact) mass is 412 g/mol. The fourth-order valence-electron chi connectivity index (χ4n) is 2.48. The maximum atomic E-state index is 12.1. The number of carbonyl (C=O) groups is 2. The number of thiazole rings is 1. The molecular weight excluding hydrogens is 392 g/mol. The van der Waals surface area contributed by atoms with E-state index in [2.05, 4.69) is 4.98 Å². The third-order valence-corrected chi connectivity index (χ3v) is 4.73. The summed E-state index contributed by atoms with van der Waals surface area (Å²) in [4.78, 5) is 29.9. The van der Waals surface area contributed by atoms with Crippen LogP contribution in [-0.4, -0.2) is 30.6 Å². The van der Waals surface area contributed by atoms with Gasteiger partial charge in [0.1, 0.15) is 18.1 Å². The first-order valence-electron chi connectivity index (χ1n) is 8.79. The molecule has 0 saturated heterocycles. The van der Waals surface area contributed by atoms with Gasteiger partial charge in [-0.25, -0.2) is 9.78 Å².